The number of ether oxygens (including phenoxy) is 3. The predicted molar refractivity (Wildman–Crippen MR) is 87.2 cm³/mol. The minimum atomic E-state index is 0.176. The number of hydrogen-bond acceptors (Lipinski definition) is 5. The average molecular weight is 317 g/mol. The molecule has 2 heterocycles. The van der Waals surface area contributed by atoms with Crippen molar-refractivity contribution in [1.29, 1.82) is 0 Å². The molecule has 1 aliphatic rings. The predicted octanol–water partition coefficient (Wildman–Crippen LogP) is 2.36. The number of methoxy groups -OCH3 is 1. The summed E-state index contributed by atoms with van der Waals surface area (Å²) in [7, 11) is 3.56. The van der Waals surface area contributed by atoms with Crippen LogP contribution in [0.5, 0.6) is 17.4 Å². The Morgan fingerprint density at radius 1 is 1.30 bits per heavy atom. The fourth-order valence-electron chi connectivity index (χ4n) is 2.84. The highest BCUT2D eigenvalue weighted by Crippen LogP contribution is 2.32. The molecule has 1 atom stereocenters. The molecule has 6 nitrogen and oxygen atoms in total. The van der Waals surface area contributed by atoms with Gasteiger partial charge in [-0.2, -0.15) is 5.10 Å². The molecule has 2 aromatic rings. The van der Waals surface area contributed by atoms with Crippen molar-refractivity contribution in [3.63, 3.8) is 0 Å². The third-order valence-corrected chi connectivity index (χ3v) is 4.13. The Morgan fingerprint density at radius 2 is 2.04 bits per heavy atom. The Bertz CT molecular complexity index is 697. The molecule has 0 unspecified atom stereocenters. The first kappa shape index (κ1) is 15.7. The highest BCUT2D eigenvalue weighted by molar-refractivity contribution is 5.44. The summed E-state index contributed by atoms with van der Waals surface area (Å²) in [5, 5.41) is 7.93. The van der Waals surface area contributed by atoms with Gasteiger partial charge < -0.3 is 19.5 Å². The molecule has 0 bridgehead atoms. The zero-order chi connectivity index (χ0) is 16.4. The van der Waals surface area contributed by atoms with Gasteiger partial charge in [-0.15, -0.1) is 0 Å². The molecule has 0 amide bonds. The van der Waals surface area contributed by atoms with Gasteiger partial charge in [0.05, 0.1) is 18.4 Å². The second-order valence-corrected chi connectivity index (χ2v) is 5.70. The minimum Gasteiger partial charge on any atom is -0.486 e. The maximum Gasteiger partial charge on any atom is 0.216 e. The van der Waals surface area contributed by atoms with Crippen LogP contribution in [0.15, 0.2) is 18.2 Å². The van der Waals surface area contributed by atoms with Gasteiger partial charge in [-0.05, 0) is 31.5 Å². The van der Waals surface area contributed by atoms with Gasteiger partial charge in [0.15, 0.2) is 11.5 Å². The van der Waals surface area contributed by atoms with E-state index in [1.54, 1.807) is 11.8 Å². The van der Waals surface area contributed by atoms with Crippen molar-refractivity contribution in [1.82, 2.24) is 15.1 Å². The molecule has 1 aromatic carbocycles. The monoisotopic (exact) mass is 317 g/mol. The van der Waals surface area contributed by atoms with Gasteiger partial charge >= 0.3 is 0 Å². The van der Waals surface area contributed by atoms with Crippen molar-refractivity contribution in [3.8, 4) is 17.4 Å². The summed E-state index contributed by atoms with van der Waals surface area (Å²) in [5.74, 6) is 2.43. The maximum absolute atomic E-state index is 5.65. The van der Waals surface area contributed by atoms with Crippen LogP contribution in [0.3, 0.4) is 0 Å². The molecule has 3 rings (SSSR count). The van der Waals surface area contributed by atoms with Gasteiger partial charge in [0.1, 0.15) is 13.2 Å². The van der Waals surface area contributed by atoms with Gasteiger partial charge in [0.2, 0.25) is 5.88 Å². The molecule has 0 saturated heterocycles. The first-order chi connectivity index (χ1) is 11.1. The third kappa shape index (κ3) is 3.12. The number of nitrogens with zero attached hydrogens (tertiary/aromatic N) is 2. The van der Waals surface area contributed by atoms with E-state index in [0.29, 0.717) is 19.8 Å². The van der Waals surface area contributed by atoms with Crippen LogP contribution < -0.4 is 19.5 Å². The molecular weight excluding hydrogens is 294 g/mol. The molecule has 0 fully saturated rings. The molecule has 1 N–H and O–H groups in total. The van der Waals surface area contributed by atoms with Crippen LogP contribution in [-0.2, 0) is 13.6 Å². The van der Waals surface area contributed by atoms with Gasteiger partial charge in [-0.3, -0.25) is 0 Å². The van der Waals surface area contributed by atoms with E-state index in [2.05, 4.69) is 23.4 Å². The highest BCUT2D eigenvalue weighted by Gasteiger charge is 2.17. The van der Waals surface area contributed by atoms with E-state index in [9.17, 15) is 0 Å². The number of aryl methyl sites for hydroxylation is 2. The summed E-state index contributed by atoms with van der Waals surface area (Å²) in [5.41, 5.74) is 3.22. The zero-order valence-electron chi connectivity index (χ0n) is 14.0. The average Bonchev–Trinajstić information content (AvgIpc) is 2.84. The summed E-state index contributed by atoms with van der Waals surface area (Å²) >= 11 is 0. The fourth-order valence-corrected chi connectivity index (χ4v) is 2.84. The normalized spacial score (nSPS) is 14.6. The van der Waals surface area contributed by atoms with Crippen molar-refractivity contribution >= 4 is 0 Å². The van der Waals surface area contributed by atoms with Crippen LogP contribution in [0.2, 0.25) is 0 Å². The Hall–Kier alpha value is -2.21. The maximum atomic E-state index is 5.65. The van der Waals surface area contributed by atoms with Crippen molar-refractivity contribution < 1.29 is 14.2 Å². The largest absolute Gasteiger partial charge is 0.486 e. The second-order valence-electron chi connectivity index (χ2n) is 5.70. The van der Waals surface area contributed by atoms with E-state index in [4.69, 9.17) is 14.2 Å². The number of fused-ring (bicyclic) bond motifs is 1. The molecule has 124 valence electrons. The smallest absolute Gasteiger partial charge is 0.216 e. The van der Waals surface area contributed by atoms with Gasteiger partial charge in [-0.25, -0.2) is 4.68 Å². The summed E-state index contributed by atoms with van der Waals surface area (Å²) in [4.78, 5) is 0. The molecule has 1 aromatic heterocycles. The van der Waals surface area contributed by atoms with E-state index < -0.39 is 0 Å². The van der Waals surface area contributed by atoms with Crippen LogP contribution >= 0.6 is 0 Å². The molecule has 6 heteroatoms. The molecule has 0 spiro atoms. The third-order valence-electron chi connectivity index (χ3n) is 4.13. The quantitative estimate of drug-likeness (QED) is 0.917. The molecule has 0 aliphatic carbocycles. The van der Waals surface area contributed by atoms with Crippen molar-refractivity contribution in [2.45, 2.75) is 26.4 Å². The molecule has 1 aliphatic heterocycles. The first-order valence-electron chi connectivity index (χ1n) is 7.79. The lowest BCUT2D eigenvalue weighted by molar-refractivity contribution is 0.171. The fraction of sp³-hybridized carbons (Fsp3) is 0.471. The van der Waals surface area contributed by atoms with Gasteiger partial charge in [-0.1, -0.05) is 6.07 Å². The van der Waals surface area contributed by atoms with Crippen molar-refractivity contribution in [2.24, 2.45) is 7.05 Å². The summed E-state index contributed by atoms with van der Waals surface area (Å²) in [6.07, 6.45) is 0. The number of aromatic nitrogens is 2. The summed E-state index contributed by atoms with van der Waals surface area (Å²) in [6, 6.07) is 6.26. The molecule has 0 saturated carbocycles. The van der Waals surface area contributed by atoms with Crippen LogP contribution in [0, 0.1) is 6.92 Å². The lowest BCUT2D eigenvalue weighted by Crippen LogP contribution is -2.20. The zero-order valence-corrected chi connectivity index (χ0v) is 14.0. The van der Waals surface area contributed by atoms with Gasteiger partial charge in [0.25, 0.3) is 0 Å². The highest BCUT2D eigenvalue weighted by atomic mass is 16.6. The lowest BCUT2D eigenvalue weighted by atomic mass is 10.1. The second kappa shape index (κ2) is 6.50. The Morgan fingerprint density at radius 3 is 2.78 bits per heavy atom. The number of rotatable bonds is 5. The Kier molecular flexibility index (Phi) is 4.43. The standard InChI is InChI=1S/C17H23N3O3/c1-11(13-5-6-15-16(9-13)23-8-7-22-15)18-10-14-12(2)19-20(3)17(14)21-4/h5-6,9,11,18H,7-8,10H2,1-4H3/t11-/m1/s1. The van der Waals surface area contributed by atoms with E-state index in [1.807, 2.05) is 26.1 Å². The lowest BCUT2D eigenvalue weighted by Gasteiger charge is -2.21. The van der Waals surface area contributed by atoms with Crippen molar-refractivity contribution in [2.75, 3.05) is 20.3 Å². The molecule has 23 heavy (non-hydrogen) atoms. The van der Waals surface area contributed by atoms with Gasteiger partial charge in [0, 0.05) is 19.6 Å². The van der Waals surface area contributed by atoms with E-state index in [-0.39, 0.29) is 6.04 Å². The molecule has 0 radical (unpaired) electrons. The number of nitrogens with one attached hydrogen (secondary N) is 1. The van der Waals surface area contributed by atoms with Crippen LogP contribution in [0.1, 0.15) is 29.8 Å². The summed E-state index contributed by atoms with van der Waals surface area (Å²) < 4.78 is 18.4. The van der Waals surface area contributed by atoms with E-state index >= 15 is 0 Å². The van der Waals surface area contributed by atoms with Crippen molar-refractivity contribution in [3.05, 3.63) is 35.0 Å². The van der Waals surface area contributed by atoms with Crippen LogP contribution in [0.4, 0.5) is 0 Å². The Labute approximate surface area is 136 Å². The van der Waals surface area contributed by atoms with E-state index in [1.165, 1.54) is 0 Å². The topological polar surface area (TPSA) is 57.5 Å². The molecular formula is C17H23N3O3. The Balaban J connectivity index is 1.71. The summed E-state index contributed by atoms with van der Waals surface area (Å²) in [6.45, 7) is 6.03. The van der Waals surface area contributed by atoms with Crippen LogP contribution in [0.25, 0.3) is 0 Å². The number of benzene rings is 1. The number of hydrogen-bond donors (Lipinski definition) is 1. The minimum absolute atomic E-state index is 0.176. The SMILES string of the molecule is COc1c(CN[C@H](C)c2ccc3c(c2)OCCO3)c(C)nn1C. The van der Waals surface area contributed by atoms with E-state index in [0.717, 1.165) is 34.2 Å². The first-order valence-corrected chi connectivity index (χ1v) is 7.79. The van der Waals surface area contributed by atoms with Crippen LogP contribution in [-0.4, -0.2) is 30.1 Å².